The topological polar surface area (TPSA) is 51.2 Å². The summed E-state index contributed by atoms with van der Waals surface area (Å²) in [6.45, 7) is 4.04. The maximum absolute atomic E-state index is 12.6. The number of carbonyl (C=O) groups excluding carboxylic acids is 1. The highest BCUT2D eigenvalue weighted by molar-refractivity contribution is 5.94. The highest BCUT2D eigenvalue weighted by Crippen LogP contribution is 2.38. The van der Waals surface area contributed by atoms with Gasteiger partial charge in [0, 0.05) is 36.3 Å². The van der Waals surface area contributed by atoms with Gasteiger partial charge in [-0.2, -0.15) is 0 Å². The molecular weight excluding hydrogens is 368 g/mol. The zero-order valence-corrected chi connectivity index (χ0v) is 17.1. The van der Waals surface area contributed by atoms with Crippen LogP contribution in [0.1, 0.15) is 12.0 Å². The smallest absolute Gasteiger partial charge is 0.252 e. The molecule has 0 bridgehead atoms. The minimum absolute atomic E-state index is 0.0287. The van der Waals surface area contributed by atoms with Crippen LogP contribution in [0, 0.1) is 5.41 Å². The minimum atomic E-state index is -0.0614. The predicted molar refractivity (Wildman–Crippen MR) is 111 cm³/mol. The second-order valence-electron chi connectivity index (χ2n) is 7.92. The van der Waals surface area contributed by atoms with Gasteiger partial charge in [0.15, 0.2) is 11.5 Å². The van der Waals surface area contributed by atoms with E-state index in [1.54, 1.807) is 14.2 Å². The second kappa shape index (κ2) is 8.43. The number of amides is 1. The first-order chi connectivity index (χ1) is 14.1. The summed E-state index contributed by atoms with van der Waals surface area (Å²) in [5, 5.41) is 0. The number of ether oxygens (including phenoxy) is 3. The van der Waals surface area contributed by atoms with Crippen molar-refractivity contribution >= 4 is 11.6 Å². The first-order valence-electron chi connectivity index (χ1n) is 9.99. The zero-order chi connectivity index (χ0) is 20.3. The van der Waals surface area contributed by atoms with Crippen LogP contribution in [0.25, 0.3) is 0 Å². The molecule has 0 saturated carbocycles. The molecule has 2 fully saturated rings. The Morgan fingerprint density at radius 2 is 1.86 bits per heavy atom. The van der Waals surface area contributed by atoms with Crippen molar-refractivity contribution in [2.24, 2.45) is 5.41 Å². The first kappa shape index (κ1) is 19.7. The monoisotopic (exact) mass is 396 g/mol. The van der Waals surface area contributed by atoms with Crippen LogP contribution >= 0.6 is 0 Å². The Kier molecular flexibility index (Phi) is 5.74. The number of anilines is 1. The Morgan fingerprint density at radius 1 is 1.03 bits per heavy atom. The number of carbonyl (C=O) groups is 1. The Bertz CT molecular complexity index is 857. The highest BCUT2D eigenvalue weighted by Gasteiger charge is 2.43. The van der Waals surface area contributed by atoms with Crippen molar-refractivity contribution in [2.45, 2.75) is 13.0 Å². The molecule has 0 radical (unpaired) electrons. The van der Waals surface area contributed by atoms with Gasteiger partial charge in [-0.1, -0.05) is 30.3 Å². The van der Waals surface area contributed by atoms with Gasteiger partial charge >= 0.3 is 0 Å². The van der Waals surface area contributed by atoms with Crippen molar-refractivity contribution < 1.29 is 19.0 Å². The van der Waals surface area contributed by atoms with Gasteiger partial charge in [-0.3, -0.25) is 9.69 Å². The van der Waals surface area contributed by atoms with Crippen molar-refractivity contribution in [1.29, 1.82) is 0 Å². The molecule has 2 aromatic carbocycles. The van der Waals surface area contributed by atoms with Crippen LogP contribution in [0.5, 0.6) is 11.5 Å². The lowest BCUT2D eigenvalue weighted by molar-refractivity contribution is -0.122. The molecule has 6 nitrogen and oxygen atoms in total. The molecule has 1 amide bonds. The van der Waals surface area contributed by atoms with E-state index in [9.17, 15) is 4.79 Å². The van der Waals surface area contributed by atoms with Crippen molar-refractivity contribution in [3.63, 3.8) is 0 Å². The standard InChI is InChI=1S/C23H28N2O4/c1-27-20-10-6-7-18(22(20)28-2)13-24-12-11-23(15-24)16-25(21(26)14-29-17-23)19-8-4-3-5-9-19/h3-10H,11-17H2,1-2H3. The molecule has 2 aromatic rings. The van der Waals surface area contributed by atoms with Crippen LogP contribution in [-0.2, 0) is 16.1 Å². The lowest BCUT2D eigenvalue weighted by atomic mass is 9.87. The Balaban J connectivity index is 1.51. The lowest BCUT2D eigenvalue weighted by Crippen LogP contribution is -2.42. The van der Waals surface area contributed by atoms with E-state index in [-0.39, 0.29) is 17.9 Å². The second-order valence-corrected chi connectivity index (χ2v) is 7.92. The van der Waals surface area contributed by atoms with Gasteiger partial charge in [-0.05, 0) is 31.2 Å². The summed E-state index contributed by atoms with van der Waals surface area (Å²) in [6.07, 6.45) is 0.996. The number of methoxy groups -OCH3 is 2. The van der Waals surface area contributed by atoms with Crippen molar-refractivity contribution in [2.75, 3.05) is 52.0 Å². The summed E-state index contributed by atoms with van der Waals surface area (Å²) >= 11 is 0. The molecule has 6 heteroatoms. The van der Waals surface area contributed by atoms with Crippen molar-refractivity contribution in [3.8, 4) is 11.5 Å². The fraction of sp³-hybridized carbons (Fsp3) is 0.435. The summed E-state index contributed by atoms with van der Waals surface area (Å²) in [5.41, 5.74) is 1.98. The van der Waals surface area contributed by atoms with Crippen LogP contribution in [0.4, 0.5) is 5.69 Å². The van der Waals surface area contributed by atoms with Crippen LogP contribution in [0.15, 0.2) is 48.5 Å². The molecule has 2 aliphatic heterocycles. The van der Waals surface area contributed by atoms with E-state index in [1.807, 2.05) is 47.4 Å². The summed E-state index contributed by atoms with van der Waals surface area (Å²) in [6, 6.07) is 15.9. The minimum Gasteiger partial charge on any atom is -0.493 e. The van der Waals surface area contributed by atoms with Crippen molar-refractivity contribution in [1.82, 2.24) is 4.90 Å². The third-order valence-electron chi connectivity index (χ3n) is 5.89. The number of benzene rings is 2. The predicted octanol–water partition coefficient (Wildman–Crippen LogP) is 2.96. The Labute approximate surface area is 172 Å². The van der Waals surface area contributed by atoms with Gasteiger partial charge in [0.05, 0.1) is 20.8 Å². The van der Waals surface area contributed by atoms with Gasteiger partial charge in [-0.15, -0.1) is 0 Å². The van der Waals surface area contributed by atoms with E-state index < -0.39 is 0 Å². The molecule has 154 valence electrons. The van der Waals surface area contributed by atoms with Crippen LogP contribution in [-0.4, -0.2) is 57.9 Å². The van der Waals surface area contributed by atoms with Crippen LogP contribution in [0.2, 0.25) is 0 Å². The van der Waals surface area contributed by atoms with Crippen LogP contribution in [0.3, 0.4) is 0 Å². The molecule has 0 aliphatic carbocycles. The summed E-state index contributed by atoms with van der Waals surface area (Å²) in [4.78, 5) is 16.9. The van der Waals surface area contributed by atoms with Gasteiger partial charge in [0.25, 0.3) is 5.91 Å². The zero-order valence-electron chi connectivity index (χ0n) is 17.1. The Hall–Kier alpha value is -2.57. The van der Waals surface area contributed by atoms with Crippen LogP contribution < -0.4 is 14.4 Å². The maximum Gasteiger partial charge on any atom is 0.252 e. The highest BCUT2D eigenvalue weighted by atomic mass is 16.5. The SMILES string of the molecule is COc1cccc(CN2CCC3(COCC(=O)N(c4ccccc4)C3)C2)c1OC. The fourth-order valence-electron chi connectivity index (χ4n) is 4.47. The average Bonchev–Trinajstić information content (AvgIpc) is 3.06. The normalized spacial score (nSPS) is 22.7. The van der Waals surface area contributed by atoms with E-state index in [4.69, 9.17) is 14.2 Å². The summed E-state index contributed by atoms with van der Waals surface area (Å²) in [5.74, 6) is 1.56. The van der Waals surface area contributed by atoms with E-state index >= 15 is 0 Å². The van der Waals surface area contributed by atoms with Gasteiger partial charge in [0.2, 0.25) is 0 Å². The molecule has 29 heavy (non-hydrogen) atoms. The first-order valence-corrected chi connectivity index (χ1v) is 9.99. The quantitative estimate of drug-likeness (QED) is 0.778. The van der Waals surface area contributed by atoms with E-state index in [1.165, 1.54) is 0 Å². The molecular formula is C23H28N2O4. The molecule has 4 rings (SSSR count). The molecule has 2 saturated heterocycles. The van der Waals surface area contributed by atoms with E-state index in [0.29, 0.717) is 13.2 Å². The number of likely N-dealkylation sites (tertiary alicyclic amines) is 1. The lowest BCUT2D eigenvalue weighted by Gasteiger charge is -2.32. The Morgan fingerprint density at radius 3 is 2.62 bits per heavy atom. The van der Waals surface area contributed by atoms with Gasteiger partial charge in [-0.25, -0.2) is 0 Å². The van der Waals surface area contributed by atoms with Gasteiger partial charge in [0.1, 0.15) is 6.61 Å². The summed E-state index contributed by atoms with van der Waals surface area (Å²) < 4.78 is 16.8. The number of rotatable bonds is 5. The molecule has 0 aromatic heterocycles. The van der Waals surface area contributed by atoms with Crippen molar-refractivity contribution in [3.05, 3.63) is 54.1 Å². The summed E-state index contributed by atoms with van der Waals surface area (Å²) in [7, 11) is 3.33. The van der Waals surface area contributed by atoms with E-state index in [2.05, 4.69) is 11.0 Å². The number of hydrogen-bond acceptors (Lipinski definition) is 5. The number of para-hydroxylation sites is 2. The third kappa shape index (κ3) is 4.09. The molecule has 1 unspecified atom stereocenters. The molecule has 2 aliphatic rings. The molecule has 1 spiro atoms. The number of nitrogens with zero attached hydrogens (tertiary/aromatic N) is 2. The largest absolute Gasteiger partial charge is 0.493 e. The molecule has 1 atom stereocenters. The number of hydrogen-bond donors (Lipinski definition) is 0. The third-order valence-corrected chi connectivity index (χ3v) is 5.89. The molecule has 2 heterocycles. The average molecular weight is 396 g/mol. The van der Waals surface area contributed by atoms with Gasteiger partial charge < -0.3 is 19.1 Å². The molecule has 0 N–H and O–H groups in total. The fourth-order valence-corrected chi connectivity index (χ4v) is 4.47. The van der Waals surface area contributed by atoms with E-state index in [0.717, 1.165) is 48.8 Å². The maximum atomic E-state index is 12.6.